The van der Waals surface area contributed by atoms with Crippen molar-refractivity contribution in [3.05, 3.63) is 48.0 Å². The third-order valence-electron chi connectivity index (χ3n) is 2.86. The van der Waals surface area contributed by atoms with E-state index in [2.05, 4.69) is 11.8 Å². The Morgan fingerprint density at radius 1 is 1.10 bits per heavy atom. The van der Waals surface area contributed by atoms with Gasteiger partial charge in [-0.3, -0.25) is 0 Å². The normalized spacial score (nSPS) is 12.8. The van der Waals surface area contributed by atoms with Gasteiger partial charge >= 0.3 is 6.18 Å². The molecule has 0 aliphatic carbocycles. The topological polar surface area (TPSA) is 32.3 Å². The van der Waals surface area contributed by atoms with Gasteiger partial charge in [0.1, 0.15) is 5.92 Å². The van der Waals surface area contributed by atoms with E-state index in [1.807, 2.05) is 30.3 Å². The van der Waals surface area contributed by atoms with E-state index in [1.54, 1.807) is 12.1 Å². The number of alkyl halides is 3. The minimum Gasteiger partial charge on any atom is -0.317 e. The van der Waals surface area contributed by atoms with Crippen LogP contribution in [0.4, 0.5) is 13.2 Å². The lowest BCUT2D eigenvalue weighted by Crippen LogP contribution is -2.31. The first-order chi connectivity index (χ1) is 9.52. The Morgan fingerprint density at radius 3 is 2.50 bits per heavy atom. The molecule has 2 aromatic carbocycles. The molecule has 2 aromatic rings. The lowest BCUT2D eigenvalue weighted by atomic mass is 10.0. The van der Waals surface area contributed by atoms with Gasteiger partial charge < -0.3 is 5.21 Å². The van der Waals surface area contributed by atoms with E-state index >= 15 is 0 Å². The summed E-state index contributed by atoms with van der Waals surface area (Å²) in [5.41, 5.74) is 2.06. The van der Waals surface area contributed by atoms with E-state index in [0.717, 1.165) is 10.8 Å². The van der Waals surface area contributed by atoms with Crippen LogP contribution in [0.1, 0.15) is 5.56 Å². The molecule has 0 saturated carbocycles. The minimum atomic E-state index is -4.48. The van der Waals surface area contributed by atoms with Crippen molar-refractivity contribution in [3.63, 3.8) is 0 Å². The summed E-state index contributed by atoms with van der Waals surface area (Å²) in [6.07, 6.45) is -4.48. The molecule has 0 radical (unpaired) electrons. The van der Waals surface area contributed by atoms with Crippen LogP contribution in [0.15, 0.2) is 42.5 Å². The Balaban J connectivity index is 2.39. The average Bonchev–Trinajstić information content (AvgIpc) is 2.42. The van der Waals surface area contributed by atoms with E-state index in [9.17, 15) is 13.2 Å². The van der Waals surface area contributed by atoms with Gasteiger partial charge in [0, 0.05) is 12.1 Å². The van der Waals surface area contributed by atoms with Crippen LogP contribution < -0.4 is 5.48 Å². The number of hydrogen-bond donors (Lipinski definition) is 2. The largest absolute Gasteiger partial charge is 0.403 e. The van der Waals surface area contributed by atoms with Gasteiger partial charge in [0.15, 0.2) is 0 Å². The Labute approximate surface area is 114 Å². The molecule has 0 aliphatic rings. The number of hydrogen-bond acceptors (Lipinski definition) is 2. The molecule has 0 bridgehead atoms. The monoisotopic (exact) mass is 279 g/mol. The fraction of sp³-hybridized carbons (Fsp3) is 0.200. The lowest BCUT2D eigenvalue weighted by molar-refractivity contribution is -0.161. The second-order valence-corrected chi connectivity index (χ2v) is 4.25. The van der Waals surface area contributed by atoms with E-state index in [1.165, 1.54) is 5.48 Å². The van der Waals surface area contributed by atoms with Crippen molar-refractivity contribution in [2.75, 3.05) is 6.54 Å². The Hall–Kier alpha value is -2.03. The van der Waals surface area contributed by atoms with Crippen molar-refractivity contribution in [1.82, 2.24) is 5.48 Å². The fourth-order valence-electron chi connectivity index (χ4n) is 1.84. The third-order valence-corrected chi connectivity index (χ3v) is 2.86. The van der Waals surface area contributed by atoms with Gasteiger partial charge in [-0.05, 0) is 16.8 Å². The van der Waals surface area contributed by atoms with Crippen LogP contribution in [0.2, 0.25) is 0 Å². The van der Waals surface area contributed by atoms with Gasteiger partial charge in [-0.1, -0.05) is 48.2 Å². The average molecular weight is 279 g/mol. The third kappa shape index (κ3) is 3.29. The van der Waals surface area contributed by atoms with E-state index in [4.69, 9.17) is 5.21 Å². The maximum atomic E-state index is 12.7. The minimum absolute atomic E-state index is 0.537. The predicted octanol–water partition coefficient (Wildman–Crippen LogP) is 3.35. The summed E-state index contributed by atoms with van der Waals surface area (Å²) in [6.45, 7) is -0.652. The molecular formula is C15H12F3NO. The molecular weight excluding hydrogens is 267 g/mol. The lowest BCUT2D eigenvalue weighted by Gasteiger charge is -2.13. The molecule has 104 valence electrons. The van der Waals surface area contributed by atoms with Crippen molar-refractivity contribution in [3.8, 4) is 11.8 Å². The molecule has 0 fully saturated rings. The summed E-state index contributed by atoms with van der Waals surface area (Å²) in [4.78, 5) is 0. The molecule has 2 nitrogen and oxygen atoms in total. The summed E-state index contributed by atoms with van der Waals surface area (Å²) < 4.78 is 38.0. The summed E-state index contributed by atoms with van der Waals surface area (Å²) in [6, 6.07) is 12.6. The molecule has 20 heavy (non-hydrogen) atoms. The smallest absolute Gasteiger partial charge is 0.317 e. The Kier molecular flexibility index (Phi) is 4.28. The molecule has 0 amide bonds. The van der Waals surface area contributed by atoms with Crippen molar-refractivity contribution >= 4 is 10.8 Å². The Bertz CT molecular complexity index is 650. The zero-order chi connectivity index (χ0) is 14.6. The number of rotatable bonds is 2. The van der Waals surface area contributed by atoms with Crippen LogP contribution in [0, 0.1) is 17.8 Å². The summed E-state index contributed by atoms with van der Waals surface area (Å²) in [5, 5.41) is 10.2. The number of fused-ring (bicyclic) bond motifs is 1. The zero-order valence-electron chi connectivity index (χ0n) is 10.4. The SMILES string of the molecule is ONCC(C#Cc1cccc2ccccc12)C(F)(F)F. The van der Waals surface area contributed by atoms with Crippen LogP contribution in [0.5, 0.6) is 0 Å². The van der Waals surface area contributed by atoms with Gasteiger partial charge in [-0.25, -0.2) is 5.48 Å². The van der Waals surface area contributed by atoms with Crippen LogP contribution >= 0.6 is 0 Å². The summed E-state index contributed by atoms with van der Waals surface area (Å²) in [7, 11) is 0. The molecule has 2 N–H and O–H groups in total. The van der Waals surface area contributed by atoms with Crippen LogP contribution in [-0.2, 0) is 0 Å². The molecule has 1 unspecified atom stereocenters. The molecule has 0 aliphatic heterocycles. The summed E-state index contributed by atoms with van der Waals surface area (Å²) >= 11 is 0. The molecule has 0 saturated heterocycles. The number of halogens is 3. The standard InChI is InChI=1S/C15H12F3NO/c16-15(17,18)13(10-19-20)9-8-12-6-3-5-11-4-1-2-7-14(11)12/h1-7,13,19-20H,10H2. The Morgan fingerprint density at radius 2 is 1.80 bits per heavy atom. The molecule has 0 spiro atoms. The van der Waals surface area contributed by atoms with E-state index in [-0.39, 0.29) is 0 Å². The van der Waals surface area contributed by atoms with Gasteiger partial charge in [0.2, 0.25) is 0 Å². The van der Waals surface area contributed by atoms with Gasteiger partial charge in [-0.15, -0.1) is 0 Å². The first-order valence-electron chi connectivity index (χ1n) is 5.95. The quantitative estimate of drug-likeness (QED) is 0.652. The van der Waals surface area contributed by atoms with Crippen LogP contribution in [0.25, 0.3) is 10.8 Å². The second-order valence-electron chi connectivity index (χ2n) is 4.25. The van der Waals surface area contributed by atoms with Crippen LogP contribution in [-0.4, -0.2) is 17.9 Å². The fourth-order valence-corrected chi connectivity index (χ4v) is 1.84. The molecule has 0 heterocycles. The highest BCUT2D eigenvalue weighted by Crippen LogP contribution is 2.25. The molecule has 0 aromatic heterocycles. The molecule has 5 heteroatoms. The van der Waals surface area contributed by atoms with Crippen molar-refractivity contribution < 1.29 is 18.4 Å². The zero-order valence-corrected chi connectivity index (χ0v) is 10.4. The highest BCUT2D eigenvalue weighted by Gasteiger charge is 2.38. The first-order valence-corrected chi connectivity index (χ1v) is 5.95. The van der Waals surface area contributed by atoms with Gasteiger partial charge in [0.05, 0.1) is 0 Å². The van der Waals surface area contributed by atoms with Crippen LogP contribution in [0.3, 0.4) is 0 Å². The maximum absolute atomic E-state index is 12.7. The van der Waals surface area contributed by atoms with Crippen molar-refractivity contribution in [2.45, 2.75) is 6.18 Å². The first kappa shape index (κ1) is 14.4. The summed E-state index contributed by atoms with van der Waals surface area (Å²) in [5.74, 6) is 2.82. The number of benzene rings is 2. The number of hydroxylamine groups is 1. The van der Waals surface area contributed by atoms with Gasteiger partial charge in [-0.2, -0.15) is 13.2 Å². The van der Waals surface area contributed by atoms with E-state index < -0.39 is 18.6 Å². The highest BCUT2D eigenvalue weighted by molar-refractivity contribution is 5.88. The molecule has 2 rings (SSSR count). The van der Waals surface area contributed by atoms with Gasteiger partial charge in [0.25, 0.3) is 0 Å². The predicted molar refractivity (Wildman–Crippen MR) is 70.2 cm³/mol. The van der Waals surface area contributed by atoms with E-state index in [0.29, 0.717) is 5.56 Å². The highest BCUT2D eigenvalue weighted by atomic mass is 19.4. The van der Waals surface area contributed by atoms with Crippen molar-refractivity contribution in [1.29, 1.82) is 0 Å². The second kappa shape index (κ2) is 5.95. The number of nitrogens with one attached hydrogen (secondary N) is 1. The van der Waals surface area contributed by atoms with Crippen molar-refractivity contribution in [2.24, 2.45) is 5.92 Å². The maximum Gasteiger partial charge on any atom is 0.403 e. The molecule has 1 atom stereocenters.